The highest BCUT2D eigenvalue weighted by atomic mass is 127. The molecule has 20 heavy (non-hydrogen) atoms. The van der Waals surface area contributed by atoms with E-state index in [1.54, 1.807) is 52.9 Å². The molecule has 0 spiro atoms. The van der Waals surface area contributed by atoms with Crippen LogP contribution in [0.15, 0.2) is 42.5 Å². The molecule has 0 amide bonds. The highest BCUT2D eigenvalue weighted by Gasteiger charge is 2.20. The summed E-state index contributed by atoms with van der Waals surface area (Å²) in [5.41, 5.74) is 0.294. The van der Waals surface area contributed by atoms with Crippen LogP contribution in [0.2, 0.25) is 0 Å². The van der Waals surface area contributed by atoms with Gasteiger partial charge in [0.15, 0.2) is 5.78 Å². The van der Waals surface area contributed by atoms with Crippen LogP contribution in [-0.4, -0.2) is 10.7 Å². The first-order chi connectivity index (χ1) is 9.49. The van der Waals surface area contributed by atoms with Gasteiger partial charge in [-0.2, -0.15) is 0 Å². The van der Waals surface area contributed by atoms with Crippen molar-refractivity contribution in [3.05, 3.63) is 73.1 Å². The molecule has 0 heterocycles. The first kappa shape index (κ1) is 14.6. The Morgan fingerprint density at radius 3 is 2.50 bits per heavy atom. The molecule has 0 saturated carbocycles. The second-order valence-corrected chi connectivity index (χ2v) is 5.28. The Morgan fingerprint density at radius 2 is 1.90 bits per heavy atom. The maximum Gasteiger partial charge on any atom is 0.274 e. The zero-order valence-corrected chi connectivity index (χ0v) is 12.3. The van der Waals surface area contributed by atoms with Gasteiger partial charge in [0.05, 0.1) is 8.49 Å². The number of carbonyl (C=O) groups excluding carboxylic acids is 1. The standard InChI is InChI=1S/C14H9FINO3/c15-11-6-10(13(17(19)20)8-12(11)16)7-14(18)9-4-2-1-3-5-9/h1-6,8H,7H2. The van der Waals surface area contributed by atoms with Gasteiger partial charge in [-0.25, -0.2) is 4.39 Å². The van der Waals surface area contributed by atoms with E-state index in [4.69, 9.17) is 0 Å². The maximum atomic E-state index is 13.5. The summed E-state index contributed by atoms with van der Waals surface area (Å²) >= 11 is 1.68. The number of benzene rings is 2. The second-order valence-electron chi connectivity index (χ2n) is 4.12. The monoisotopic (exact) mass is 385 g/mol. The molecule has 6 heteroatoms. The summed E-state index contributed by atoms with van der Waals surface area (Å²) in [5, 5.41) is 11.0. The fourth-order valence-corrected chi connectivity index (χ4v) is 2.24. The summed E-state index contributed by atoms with van der Waals surface area (Å²) in [6.45, 7) is 0. The Bertz CT molecular complexity index is 674. The Labute approximate surface area is 127 Å². The lowest BCUT2D eigenvalue weighted by Gasteiger charge is -2.04. The summed E-state index contributed by atoms with van der Waals surface area (Å²) in [6, 6.07) is 10.6. The molecule has 0 unspecified atom stereocenters. The van der Waals surface area contributed by atoms with Crippen LogP contribution in [0.3, 0.4) is 0 Å². The number of ketones is 1. The van der Waals surface area contributed by atoms with Crippen LogP contribution in [0.5, 0.6) is 0 Å². The number of hydrogen-bond donors (Lipinski definition) is 0. The third-order valence-corrected chi connectivity index (χ3v) is 3.59. The summed E-state index contributed by atoms with van der Waals surface area (Å²) < 4.78 is 13.7. The average Bonchev–Trinajstić information content (AvgIpc) is 2.43. The van der Waals surface area contributed by atoms with Crippen molar-refractivity contribution in [1.82, 2.24) is 0 Å². The van der Waals surface area contributed by atoms with Crippen molar-refractivity contribution in [3.8, 4) is 0 Å². The fourth-order valence-electron chi connectivity index (χ4n) is 1.79. The molecule has 2 aromatic rings. The van der Waals surface area contributed by atoms with Gasteiger partial charge in [0.25, 0.3) is 5.69 Å². The minimum atomic E-state index is -0.602. The number of hydrogen-bond acceptors (Lipinski definition) is 3. The molecule has 0 N–H and O–H groups in total. The Morgan fingerprint density at radius 1 is 1.25 bits per heavy atom. The van der Waals surface area contributed by atoms with Crippen LogP contribution in [0.1, 0.15) is 15.9 Å². The van der Waals surface area contributed by atoms with E-state index < -0.39 is 10.7 Å². The van der Waals surface area contributed by atoms with Crippen molar-refractivity contribution in [3.63, 3.8) is 0 Å². The van der Waals surface area contributed by atoms with Crippen molar-refractivity contribution in [2.75, 3.05) is 0 Å². The molecule has 4 nitrogen and oxygen atoms in total. The van der Waals surface area contributed by atoms with Gasteiger partial charge in [0.2, 0.25) is 0 Å². The normalized spacial score (nSPS) is 10.3. The lowest BCUT2D eigenvalue weighted by molar-refractivity contribution is -0.385. The van der Waals surface area contributed by atoms with Crippen molar-refractivity contribution >= 4 is 34.1 Å². The topological polar surface area (TPSA) is 60.2 Å². The molecule has 0 aromatic heterocycles. The number of nitrogens with zero attached hydrogens (tertiary/aromatic N) is 1. The molecule has 0 radical (unpaired) electrons. The third-order valence-electron chi connectivity index (χ3n) is 2.77. The Hall–Kier alpha value is -1.83. The first-order valence-electron chi connectivity index (χ1n) is 5.69. The Balaban J connectivity index is 2.36. The molecular formula is C14H9FINO3. The minimum absolute atomic E-state index is 0.0850. The highest BCUT2D eigenvalue weighted by molar-refractivity contribution is 14.1. The molecule has 102 valence electrons. The molecule has 0 saturated heterocycles. The lowest BCUT2D eigenvalue weighted by Crippen LogP contribution is -2.07. The third kappa shape index (κ3) is 3.19. The largest absolute Gasteiger partial charge is 0.294 e. The number of Topliss-reactive ketones (excluding diaryl/α,β-unsaturated/α-hetero) is 1. The van der Waals surface area contributed by atoms with Crippen molar-refractivity contribution in [2.45, 2.75) is 6.42 Å². The summed E-state index contributed by atoms with van der Waals surface area (Å²) in [5.74, 6) is -0.846. The van der Waals surface area contributed by atoms with Crippen LogP contribution < -0.4 is 0 Å². The molecule has 0 aliphatic carbocycles. The fraction of sp³-hybridized carbons (Fsp3) is 0.0714. The number of carbonyl (C=O) groups is 1. The van der Waals surface area contributed by atoms with E-state index in [1.165, 1.54) is 0 Å². The van der Waals surface area contributed by atoms with Gasteiger partial charge >= 0.3 is 0 Å². The van der Waals surface area contributed by atoms with Gasteiger partial charge < -0.3 is 0 Å². The van der Waals surface area contributed by atoms with Crippen molar-refractivity contribution in [1.29, 1.82) is 0 Å². The van der Waals surface area contributed by atoms with Crippen LogP contribution in [-0.2, 0) is 6.42 Å². The molecule has 0 fully saturated rings. The summed E-state index contributed by atoms with van der Waals surface area (Å²) in [6.07, 6.45) is -0.200. The molecule has 0 bridgehead atoms. The quantitative estimate of drug-likeness (QED) is 0.349. The van der Waals surface area contributed by atoms with Gasteiger partial charge in [0.1, 0.15) is 5.82 Å². The van der Waals surface area contributed by atoms with E-state index in [0.29, 0.717) is 5.56 Å². The van der Waals surface area contributed by atoms with Gasteiger partial charge in [-0.15, -0.1) is 0 Å². The second kappa shape index (κ2) is 6.08. The smallest absolute Gasteiger partial charge is 0.274 e. The molecule has 0 atom stereocenters. The van der Waals surface area contributed by atoms with Crippen molar-refractivity contribution < 1.29 is 14.1 Å². The molecule has 2 aromatic carbocycles. The predicted octanol–water partition coefficient (Wildman–Crippen LogP) is 3.76. The number of nitro benzene ring substituents is 1. The zero-order chi connectivity index (χ0) is 14.7. The highest BCUT2D eigenvalue weighted by Crippen LogP contribution is 2.25. The van der Waals surface area contributed by atoms with Gasteiger partial charge in [-0.3, -0.25) is 14.9 Å². The SMILES string of the molecule is O=C(Cc1cc(F)c(I)cc1[N+](=O)[O-])c1ccccc1. The summed E-state index contributed by atoms with van der Waals surface area (Å²) in [7, 11) is 0. The van der Waals surface area contributed by atoms with Gasteiger partial charge in [0, 0.05) is 23.6 Å². The van der Waals surface area contributed by atoms with Gasteiger partial charge in [-0.05, 0) is 28.7 Å². The minimum Gasteiger partial charge on any atom is -0.294 e. The van der Waals surface area contributed by atoms with E-state index in [1.807, 2.05) is 0 Å². The zero-order valence-electron chi connectivity index (χ0n) is 10.2. The van der Waals surface area contributed by atoms with E-state index >= 15 is 0 Å². The summed E-state index contributed by atoms with van der Waals surface area (Å²) in [4.78, 5) is 22.4. The molecular weight excluding hydrogens is 376 g/mol. The molecule has 0 aliphatic rings. The Kier molecular flexibility index (Phi) is 4.43. The van der Waals surface area contributed by atoms with E-state index in [-0.39, 0.29) is 27.0 Å². The number of rotatable bonds is 4. The maximum absolute atomic E-state index is 13.5. The number of nitro groups is 1. The average molecular weight is 385 g/mol. The molecule has 0 aliphatic heterocycles. The van der Waals surface area contributed by atoms with Crippen LogP contribution in [0.4, 0.5) is 10.1 Å². The van der Waals surface area contributed by atoms with Crippen LogP contribution in [0, 0.1) is 19.5 Å². The van der Waals surface area contributed by atoms with E-state index in [9.17, 15) is 19.3 Å². The lowest BCUT2D eigenvalue weighted by atomic mass is 10.0. The predicted molar refractivity (Wildman–Crippen MR) is 80.2 cm³/mol. The first-order valence-corrected chi connectivity index (χ1v) is 6.77. The van der Waals surface area contributed by atoms with Gasteiger partial charge in [-0.1, -0.05) is 30.3 Å². The van der Waals surface area contributed by atoms with E-state index in [2.05, 4.69) is 0 Å². The molecule has 2 rings (SSSR count). The van der Waals surface area contributed by atoms with E-state index in [0.717, 1.165) is 12.1 Å². The van der Waals surface area contributed by atoms with Crippen LogP contribution in [0.25, 0.3) is 0 Å². The van der Waals surface area contributed by atoms with Crippen molar-refractivity contribution in [2.24, 2.45) is 0 Å². The number of halogens is 2. The van der Waals surface area contributed by atoms with Crippen LogP contribution >= 0.6 is 22.6 Å².